The number of hydrogen-bond donors (Lipinski definition) is 2. The van der Waals surface area contributed by atoms with Crippen LogP contribution in [0.15, 0.2) is 24.3 Å². The van der Waals surface area contributed by atoms with Crippen LogP contribution in [0, 0.1) is 5.92 Å². The number of carbonyl (C=O) groups is 1. The SMILES string of the molecule is NC(=O)C(Nc1ccc(Cl)cc1)C1CC1. The zero-order valence-electron chi connectivity index (χ0n) is 8.24. The van der Waals surface area contributed by atoms with Crippen molar-refractivity contribution in [3.8, 4) is 0 Å². The molecule has 0 saturated heterocycles. The molecule has 0 aliphatic heterocycles. The Hall–Kier alpha value is -1.22. The second kappa shape index (κ2) is 4.11. The molecule has 1 saturated carbocycles. The lowest BCUT2D eigenvalue weighted by atomic mass is 10.1. The molecule has 1 aromatic rings. The van der Waals surface area contributed by atoms with E-state index in [1.807, 2.05) is 12.1 Å². The molecule has 0 radical (unpaired) electrons. The van der Waals surface area contributed by atoms with Crippen molar-refractivity contribution in [1.82, 2.24) is 0 Å². The molecule has 3 N–H and O–H groups in total. The molecule has 1 aliphatic rings. The summed E-state index contributed by atoms with van der Waals surface area (Å²) in [5, 5.41) is 3.82. The van der Waals surface area contributed by atoms with Gasteiger partial charge < -0.3 is 11.1 Å². The number of primary amides is 1. The molecule has 0 bridgehead atoms. The molecule has 1 aromatic carbocycles. The van der Waals surface area contributed by atoms with E-state index in [1.165, 1.54) is 0 Å². The van der Waals surface area contributed by atoms with Crippen molar-refractivity contribution in [2.24, 2.45) is 11.7 Å². The van der Waals surface area contributed by atoms with E-state index >= 15 is 0 Å². The van der Waals surface area contributed by atoms with Crippen LogP contribution in [0.5, 0.6) is 0 Å². The summed E-state index contributed by atoms with van der Waals surface area (Å²) < 4.78 is 0. The highest BCUT2D eigenvalue weighted by molar-refractivity contribution is 6.30. The number of halogens is 1. The molecule has 3 nitrogen and oxygen atoms in total. The quantitative estimate of drug-likeness (QED) is 0.822. The Morgan fingerprint density at radius 2 is 2.00 bits per heavy atom. The van der Waals surface area contributed by atoms with E-state index in [0.29, 0.717) is 10.9 Å². The fourth-order valence-electron chi connectivity index (χ4n) is 1.58. The van der Waals surface area contributed by atoms with Crippen molar-refractivity contribution in [2.75, 3.05) is 5.32 Å². The van der Waals surface area contributed by atoms with Gasteiger partial charge in [-0.25, -0.2) is 0 Å². The maximum atomic E-state index is 11.2. The van der Waals surface area contributed by atoms with E-state index in [2.05, 4.69) is 5.32 Å². The van der Waals surface area contributed by atoms with Crippen LogP contribution in [0.3, 0.4) is 0 Å². The Morgan fingerprint density at radius 1 is 1.40 bits per heavy atom. The highest BCUT2D eigenvalue weighted by Crippen LogP contribution is 2.34. The molecule has 0 aromatic heterocycles. The summed E-state index contributed by atoms with van der Waals surface area (Å²) in [5.41, 5.74) is 6.21. The van der Waals surface area contributed by atoms with Crippen LogP contribution in [0.1, 0.15) is 12.8 Å². The standard InChI is InChI=1S/C11H13ClN2O/c12-8-3-5-9(6-4-8)14-10(11(13)15)7-1-2-7/h3-7,10,14H,1-2H2,(H2,13,15). The van der Waals surface area contributed by atoms with E-state index in [-0.39, 0.29) is 11.9 Å². The zero-order chi connectivity index (χ0) is 10.8. The van der Waals surface area contributed by atoms with Gasteiger partial charge in [-0.3, -0.25) is 4.79 Å². The first-order chi connectivity index (χ1) is 7.16. The first-order valence-corrected chi connectivity index (χ1v) is 5.36. The van der Waals surface area contributed by atoms with Gasteiger partial charge in [-0.2, -0.15) is 0 Å². The normalized spacial score (nSPS) is 17.1. The molecule has 15 heavy (non-hydrogen) atoms. The van der Waals surface area contributed by atoms with Crippen LogP contribution in [0.2, 0.25) is 5.02 Å². The van der Waals surface area contributed by atoms with Gasteiger partial charge >= 0.3 is 0 Å². The summed E-state index contributed by atoms with van der Waals surface area (Å²) in [4.78, 5) is 11.2. The molecule has 2 rings (SSSR count). The third kappa shape index (κ3) is 2.63. The van der Waals surface area contributed by atoms with Gasteiger partial charge in [0.15, 0.2) is 0 Å². The Labute approximate surface area is 93.6 Å². The monoisotopic (exact) mass is 224 g/mol. The summed E-state index contributed by atoms with van der Waals surface area (Å²) in [5.74, 6) is 0.116. The van der Waals surface area contributed by atoms with Crippen molar-refractivity contribution in [3.63, 3.8) is 0 Å². The average molecular weight is 225 g/mol. The zero-order valence-corrected chi connectivity index (χ0v) is 9.00. The average Bonchev–Trinajstić information content (AvgIpc) is 3.00. The van der Waals surface area contributed by atoms with Crippen LogP contribution in [0.25, 0.3) is 0 Å². The smallest absolute Gasteiger partial charge is 0.240 e. The minimum Gasteiger partial charge on any atom is -0.373 e. The maximum Gasteiger partial charge on any atom is 0.240 e. The number of hydrogen-bond acceptors (Lipinski definition) is 2. The fourth-order valence-corrected chi connectivity index (χ4v) is 1.70. The summed E-state index contributed by atoms with van der Waals surface area (Å²) in [7, 11) is 0. The molecule has 80 valence electrons. The third-order valence-electron chi connectivity index (χ3n) is 2.57. The van der Waals surface area contributed by atoms with Gasteiger partial charge in [-0.05, 0) is 43.0 Å². The van der Waals surface area contributed by atoms with Crippen LogP contribution >= 0.6 is 11.6 Å². The minimum atomic E-state index is -0.285. The molecule has 0 spiro atoms. The number of anilines is 1. The number of rotatable bonds is 4. The highest BCUT2D eigenvalue weighted by atomic mass is 35.5. The molecular weight excluding hydrogens is 212 g/mol. The third-order valence-corrected chi connectivity index (χ3v) is 2.82. The predicted molar refractivity (Wildman–Crippen MR) is 60.8 cm³/mol. The Morgan fingerprint density at radius 3 is 2.47 bits per heavy atom. The maximum absolute atomic E-state index is 11.2. The van der Waals surface area contributed by atoms with Crippen LogP contribution in [-0.2, 0) is 4.79 Å². The van der Waals surface area contributed by atoms with Crippen molar-refractivity contribution in [1.29, 1.82) is 0 Å². The molecule has 1 atom stereocenters. The van der Waals surface area contributed by atoms with Gasteiger partial charge in [0.2, 0.25) is 5.91 Å². The summed E-state index contributed by atoms with van der Waals surface area (Å²) in [6, 6.07) is 7.02. The number of nitrogens with two attached hydrogens (primary N) is 1. The summed E-state index contributed by atoms with van der Waals surface area (Å²) in [6.07, 6.45) is 2.16. The lowest BCUT2D eigenvalue weighted by Gasteiger charge is -2.15. The van der Waals surface area contributed by atoms with Gasteiger partial charge in [0, 0.05) is 10.7 Å². The lowest BCUT2D eigenvalue weighted by Crippen LogP contribution is -2.37. The Balaban J connectivity index is 2.05. The Kier molecular flexibility index (Phi) is 2.82. The van der Waals surface area contributed by atoms with Crippen LogP contribution in [0.4, 0.5) is 5.69 Å². The van der Waals surface area contributed by atoms with E-state index in [0.717, 1.165) is 18.5 Å². The molecule has 0 heterocycles. The van der Waals surface area contributed by atoms with Crippen molar-refractivity contribution < 1.29 is 4.79 Å². The first-order valence-electron chi connectivity index (χ1n) is 4.98. The van der Waals surface area contributed by atoms with E-state index < -0.39 is 0 Å². The number of benzene rings is 1. The van der Waals surface area contributed by atoms with Gasteiger partial charge in [-0.15, -0.1) is 0 Å². The van der Waals surface area contributed by atoms with E-state index in [1.54, 1.807) is 12.1 Å². The number of nitrogens with one attached hydrogen (secondary N) is 1. The van der Waals surface area contributed by atoms with Crippen LogP contribution < -0.4 is 11.1 Å². The Bertz CT molecular complexity index is 359. The summed E-state index contributed by atoms with van der Waals surface area (Å²) in [6.45, 7) is 0. The fraction of sp³-hybridized carbons (Fsp3) is 0.364. The van der Waals surface area contributed by atoms with Gasteiger partial charge in [0.1, 0.15) is 6.04 Å². The largest absolute Gasteiger partial charge is 0.373 e. The molecule has 1 amide bonds. The highest BCUT2D eigenvalue weighted by Gasteiger charge is 2.34. The predicted octanol–water partition coefficient (Wildman–Crippen LogP) is 2.02. The molecule has 4 heteroatoms. The molecule has 1 unspecified atom stereocenters. The second-order valence-corrected chi connectivity index (χ2v) is 4.31. The van der Waals surface area contributed by atoms with Crippen molar-refractivity contribution >= 4 is 23.2 Å². The number of carbonyl (C=O) groups excluding carboxylic acids is 1. The topological polar surface area (TPSA) is 55.1 Å². The van der Waals surface area contributed by atoms with Gasteiger partial charge in [-0.1, -0.05) is 11.6 Å². The number of amides is 1. The van der Waals surface area contributed by atoms with Crippen molar-refractivity contribution in [3.05, 3.63) is 29.3 Å². The van der Waals surface area contributed by atoms with Gasteiger partial charge in [0.05, 0.1) is 0 Å². The molecule has 1 fully saturated rings. The second-order valence-electron chi connectivity index (χ2n) is 3.87. The molecular formula is C11H13ClN2O. The van der Waals surface area contributed by atoms with E-state index in [9.17, 15) is 4.79 Å². The van der Waals surface area contributed by atoms with Crippen molar-refractivity contribution in [2.45, 2.75) is 18.9 Å². The molecule has 1 aliphatic carbocycles. The lowest BCUT2D eigenvalue weighted by molar-refractivity contribution is -0.119. The first kappa shape index (κ1) is 10.3. The van der Waals surface area contributed by atoms with E-state index in [4.69, 9.17) is 17.3 Å². The summed E-state index contributed by atoms with van der Waals surface area (Å²) >= 11 is 5.77. The minimum absolute atomic E-state index is 0.244. The van der Waals surface area contributed by atoms with Gasteiger partial charge in [0.25, 0.3) is 0 Å². The van der Waals surface area contributed by atoms with Crippen LogP contribution in [-0.4, -0.2) is 11.9 Å².